The normalized spacial score (nSPS) is 12.3. The van der Waals surface area contributed by atoms with Crippen molar-refractivity contribution in [3.8, 4) is 0 Å². The summed E-state index contributed by atoms with van der Waals surface area (Å²) in [6.07, 6.45) is 0. The molecule has 0 aromatic heterocycles. The fraction of sp³-hybridized carbons (Fsp3) is 0.143. The van der Waals surface area contributed by atoms with Crippen LogP contribution >= 0.6 is 0 Å². The maximum Gasteiger partial charge on any atom is 0.243 e. The first-order chi connectivity index (χ1) is 12.1. The van der Waals surface area contributed by atoms with Crippen molar-refractivity contribution >= 4 is 20.0 Å². The number of sulfonamides is 2. The highest BCUT2D eigenvalue weighted by Gasteiger charge is 2.23. The van der Waals surface area contributed by atoms with Gasteiger partial charge < -0.3 is 0 Å². The second-order valence-corrected chi connectivity index (χ2v) is 8.37. The summed E-state index contributed by atoms with van der Waals surface area (Å²) in [6, 6.07) is 5.09. The van der Waals surface area contributed by atoms with Gasteiger partial charge in [-0.2, -0.15) is 0 Å². The van der Waals surface area contributed by atoms with E-state index in [0.717, 1.165) is 36.4 Å². The van der Waals surface area contributed by atoms with Crippen LogP contribution in [-0.2, 0) is 20.0 Å². The number of benzene rings is 2. The predicted molar refractivity (Wildman–Crippen MR) is 83.1 cm³/mol. The van der Waals surface area contributed by atoms with Crippen molar-refractivity contribution in [1.82, 2.24) is 9.44 Å². The van der Waals surface area contributed by atoms with E-state index in [4.69, 9.17) is 0 Å². The molecule has 0 aliphatic rings. The van der Waals surface area contributed by atoms with Crippen molar-refractivity contribution in [1.29, 1.82) is 0 Å². The molecule has 0 unspecified atom stereocenters. The standard InChI is InChI=1S/C14H12F4N2O4S2/c15-9-3-1-5-11(13(9)17)25(21,22)19-7-8-20-26(23,24)12-6-2-4-10(16)14(12)18/h1-6,19-20H,7-8H2. The van der Waals surface area contributed by atoms with Crippen LogP contribution < -0.4 is 9.44 Å². The van der Waals surface area contributed by atoms with E-state index in [1.807, 2.05) is 9.44 Å². The molecular formula is C14H12F4N2O4S2. The van der Waals surface area contributed by atoms with Crippen LogP contribution in [-0.4, -0.2) is 29.9 Å². The molecule has 0 bridgehead atoms. The third-order valence-electron chi connectivity index (χ3n) is 3.12. The van der Waals surface area contributed by atoms with Gasteiger partial charge in [-0.3, -0.25) is 0 Å². The van der Waals surface area contributed by atoms with Gasteiger partial charge in [-0.1, -0.05) is 12.1 Å². The van der Waals surface area contributed by atoms with Gasteiger partial charge in [0.15, 0.2) is 23.3 Å². The monoisotopic (exact) mass is 412 g/mol. The van der Waals surface area contributed by atoms with Crippen LogP contribution in [0.1, 0.15) is 0 Å². The Labute approximate surface area is 147 Å². The number of hydrogen-bond donors (Lipinski definition) is 2. The summed E-state index contributed by atoms with van der Waals surface area (Å²) in [6.45, 7) is -1.09. The highest BCUT2D eigenvalue weighted by Crippen LogP contribution is 2.17. The van der Waals surface area contributed by atoms with E-state index >= 15 is 0 Å². The SMILES string of the molecule is O=S(=O)(NCCNS(=O)(=O)c1cccc(F)c1F)c1cccc(F)c1F. The molecule has 0 aliphatic carbocycles. The lowest BCUT2D eigenvalue weighted by Crippen LogP contribution is -2.35. The molecule has 2 aromatic carbocycles. The summed E-state index contributed by atoms with van der Waals surface area (Å²) in [5.74, 6) is -5.89. The number of rotatable bonds is 7. The average Bonchev–Trinajstić information content (AvgIpc) is 2.56. The van der Waals surface area contributed by atoms with Crippen LogP contribution in [0.4, 0.5) is 17.6 Å². The Bertz CT molecular complexity index is 944. The predicted octanol–water partition coefficient (Wildman–Crippen LogP) is 1.50. The van der Waals surface area contributed by atoms with Crippen molar-refractivity contribution in [2.45, 2.75) is 9.79 Å². The van der Waals surface area contributed by atoms with Crippen LogP contribution in [0.2, 0.25) is 0 Å². The molecule has 0 heterocycles. The Balaban J connectivity index is 2.04. The van der Waals surface area contributed by atoms with Gasteiger partial charge in [0.25, 0.3) is 0 Å². The summed E-state index contributed by atoms with van der Waals surface area (Å²) in [5.41, 5.74) is 0. The summed E-state index contributed by atoms with van der Waals surface area (Å²) in [5, 5.41) is 0. The van der Waals surface area contributed by atoms with Gasteiger partial charge in [0.05, 0.1) is 0 Å². The smallest absolute Gasteiger partial charge is 0.210 e. The third kappa shape index (κ3) is 4.38. The molecule has 0 spiro atoms. The molecule has 0 aliphatic heterocycles. The minimum absolute atomic E-state index is 0.547. The topological polar surface area (TPSA) is 92.3 Å². The number of nitrogens with one attached hydrogen (secondary N) is 2. The van der Waals surface area contributed by atoms with Crippen LogP contribution in [0, 0.1) is 23.3 Å². The van der Waals surface area contributed by atoms with Gasteiger partial charge in [-0.15, -0.1) is 0 Å². The molecule has 2 aromatic rings. The first-order valence-electron chi connectivity index (χ1n) is 6.93. The van der Waals surface area contributed by atoms with E-state index in [9.17, 15) is 34.4 Å². The van der Waals surface area contributed by atoms with Crippen molar-refractivity contribution in [2.75, 3.05) is 13.1 Å². The van der Waals surface area contributed by atoms with Crippen LogP contribution in [0.5, 0.6) is 0 Å². The molecule has 26 heavy (non-hydrogen) atoms. The lowest BCUT2D eigenvalue weighted by molar-refractivity contribution is 0.482. The Morgan fingerprint density at radius 3 is 1.35 bits per heavy atom. The Kier molecular flexibility index (Phi) is 6.01. The maximum atomic E-state index is 13.5. The molecule has 0 atom stereocenters. The summed E-state index contributed by atoms with van der Waals surface area (Å²) < 4.78 is 105. The zero-order valence-corrected chi connectivity index (χ0v) is 14.5. The van der Waals surface area contributed by atoms with E-state index in [1.54, 1.807) is 0 Å². The van der Waals surface area contributed by atoms with Gasteiger partial charge in [0, 0.05) is 13.1 Å². The van der Waals surface area contributed by atoms with Crippen molar-refractivity contribution in [3.05, 3.63) is 59.7 Å². The molecule has 2 N–H and O–H groups in total. The van der Waals surface area contributed by atoms with E-state index < -0.39 is 66.2 Å². The maximum absolute atomic E-state index is 13.5. The van der Waals surface area contributed by atoms with Gasteiger partial charge in [-0.05, 0) is 24.3 Å². The van der Waals surface area contributed by atoms with Gasteiger partial charge in [-0.25, -0.2) is 43.8 Å². The number of halogens is 4. The molecule has 2 rings (SSSR count). The third-order valence-corrected chi connectivity index (χ3v) is 6.08. The Morgan fingerprint density at radius 1 is 0.654 bits per heavy atom. The van der Waals surface area contributed by atoms with Crippen LogP contribution in [0.3, 0.4) is 0 Å². The highest BCUT2D eigenvalue weighted by atomic mass is 32.2. The summed E-state index contributed by atoms with van der Waals surface area (Å²) in [4.78, 5) is -1.90. The van der Waals surface area contributed by atoms with E-state index in [2.05, 4.69) is 0 Å². The lowest BCUT2D eigenvalue weighted by Gasteiger charge is -2.10. The fourth-order valence-corrected chi connectivity index (χ4v) is 4.14. The minimum atomic E-state index is -4.44. The van der Waals surface area contributed by atoms with E-state index in [-0.39, 0.29) is 0 Å². The molecule has 0 fully saturated rings. The van der Waals surface area contributed by atoms with Crippen molar-refractivity contribution in [2.24, 2.45) is 0 Å². The van der Waals surface area contributed by atoms with Gasteiger partial charge in [0.1, 0.15) is 9.79 Å². The van der Waals surface area contributed by atoms with Crippen molar-refractivity contribution in [3.63, 3.8) is 0 Å². The van der Waals surface area contributed by atoms with E-state index in [1.165, 1.54) is 0 Å². The second-order valence-electron chi connectivity index (χ2n) is 4.90. The zero-order chi connectivity index (χ0) is 19.5. The molecular weight excluding hydrogens is 400 g/mol. The van der Waals surface area contributed by atoms with Gasteiger partial charge >= 0.3 is 0 Å². The van der Waals surface area contributed by atoms with Crippen molar-refractivity contribution < 1.29 is 34.4 Å². The van der Waals surface area contributed by atoms with Gasteiger partial charge in [0.2, 0.25) is 20.0 Å². The summed E-state index contributed by atoms with van der Waals surface area (Å²) in [7, 11) is -8.89. The number of hydrogen-bond acceptors (Lipinski definition) is 4. The lowest BCUT2D eigenvalue weighted by atomic mass is 10.3. The molecule has 0 saturated carbocycles. The summed E-state index contributed by atoms with van der Waals surface area (Å²) >= 11 is 0. The van der Waals surface area contributed by atoms with E-state index in [0.29, 0.717) is 0 Å². The second kappa shape index (κ2) is 7.70. The van der Waals surface area contributed by atoms with Crippen LogP contribution in [0.15, 0.2) is 46.2 Å². The molecule has 142 valence electrons. The quantitative estimate of drug-likeness (QED) is 0.533. The highest BCUT2D eigenvalue weighted by molar-refractivity contribution is 7.90. The zero-order valence-electron chi connectivity index (χ0n) is 12.8. The first kappa shape index (κ1) is 20.3. The minimum Gasteiger partial charge on any atom is -0.210 e. The van der Waals surface area contributed by atoms with Crippen LogP contribution in [0.25, 0.3) is 0 Å². The molecule has 6 nitrogen and oxygen atoms in total. The molecule has 12 heteroatoms. The fourth-order valence-electron chi connectivity index (χ4n) is 1.91. The molecule has 0 amide bonds. The largest absolute Gasteiger partial charge is 0.243 e. The molecule has 0 saturated heterocycles. The average molecular weight is 412 g/mol. The Hall–Kier alpha value is -2.02. The molecule has 0 radical (unpaired) electrons. The first-order valence-corrected chi connectivity index (χ1v) is 9.90. The Morgan fingerprint density at radius 2 is 1.00 bits per heavy atom.